The third-order valence-corrected chi connectivity index (χ3v) is 8.93. The van der Waals surface area contributed by atoms with Gasteiger partial charge in [-0.25, -0.2) is 4.99 Å². The highest BCUT2D eigenvalue weighted by Gasteiger charge is 2.33. The molecule has 42 heavy (non-hydrogen) atoms. The van der Waals surface area contributed by atoms with Crippen molar-refractivity contribution >= 4 is 34.1 Å². The zero-order valence-corrected chi connectivity index (χ0v) is 25.3. The molecule has 0 spiro atoms. The van der Waals surface area contributed by atoms with Crippen LogP contribution in [-0.2, 0) is 19.4 Å². The van der Waals surface area contributed by atoms with Gasteiger partial charge in [-0.05, 0) is 78.1 Å². The number of benzene rings is 3. The topological polar surface area (TPSA) is 83.7 Å². The number of fused-ring (bicyclic) bond motifs is 1. The molecule has 1 heterocycles. The van der Waals surface area contributed by atoms with E-state index in [-0.39, 0.29) is 17.9 Å². The molecule has 0 aliphatic heterocycles. The van der Waals surface area contributed by atoms with Crippen molar-refractivity contribution in [3.05, 3.63) is 105 Å². The van der Waals surface area contributed by atoms with Crippen LogP contribution in [0.2, 0.25) is 0 Å². The van der Waals surface area contributed by atoms with Crippen molar-refractivity contribution in [2.24, 2.45) is 16.3 Å². The molecule has 0 unspecified atom stereocenters. The van der Waals surface area contributed by atoms with E-state index in [4.69, 9.17) is 14.5 Å². The average molecular weight is 578 g/mol. The van der Waals surface area contributed by atoms with E-state index in [1.54, 1.807) is 30.7 Å². The molecule has 214 valence electrons. The summed E-state index contributed by atoms with van der Waals surface area (Å²) in [5.41, 5.74) is 4.98. The van der Waals surface area contributed by atoms with Gasteiger partial charge in [0.1, 0.15) is 11.6 Å². The lowest BCUT2D eigenvalue weighted by molar-refractivity contribution is 0.102. The minimum atomic E-state index is -0.126. The monoisotopic (exact) mass is 577 g/mol. The second kappa shape index (κ2) is 12.6. The Balaban J connectivity index is 1.41. The highest BCUT2D eigenvalue weighted by Crippen LogP contribution is 2.45. The number of anilines is 1. The fraction of sp³-hybridized carbons (Fsp3) is 0.286. The van der Waals surface area contributed by atoms with Gasteiger partial charge in [-0.2, -0.15) is 5.26 Å². The van der Waals surface area contributed by atoms with Crippen LogP contribution < -0.4 is 14.8 Å². The molecule has 7 heteroatoms. The Kier molecular flexibility index (Phi) is 8.75. The molecule has 1 aromatic heterocycles. The molecular formula is C35H35N3O3S. The first-order valence-corrected chi connectivity index (χ1v) is 14.9. The minimum Gasteiger partial charge on any atom is -0.493 e. The van der Waals surface area contributed by atoms with Gasteiger partial charge in [-0.15, -0.1) is 11.3 Å². The van der Waals surface area contributed by atoms with Gasteiger partial charge < -0.3 is 14.8 Å². The normalized spacial score (nSPS) is 14.7. The minimum absolute atomic E-state index is 0.126. The fourth-order valence-electron chi connectivity index (χ4n) is 5.28. The van der Waals surface area contributed by atoms with Crippen LogP contribution in [0.25, 0.3) is 0 Å². The van der Waals surface area contributed by atoms with Crippen LogP contribution in [0.3, 0.4) is 0 Å². The van der Waals surface area contributed by atoms with Crippen LogP contribution in [-0.4, -0.2) is 19.2 Å². The molecule has 0 saturated carbocycles. The average Bonchev–Trinajstić information content (AvgIpc) is 3.37. The molecule has 0 radical (unpaired) electrons. The van der Waals surface area contributed by atoms with E-state index < -0.39 is 0 Å². The molecular weight excluding hydrogens is 542 g/mol. The lowest BCUT2D eigenvalue weighted by atomic mass is 9.72. The van der Waals surface area contributed by atoms with Crippen LogP contribution in [0.15, 0.2) is 77.8 Å². The van der Waals surface area contributed by atoms with E-state index in [2.05, 4.69) is 32.2 Å². The summed E-state index contributed by atoms with van der Waals surface area (Å²) in [5.74, 6) is 1.57. The first-order chi connectivity index (χ1) is 20.3. The summed E-state index contributed by atoms with van der Waals surface area (Å²) < 4.78 is 11.6. The lowest BCUT2D eigenvalue weighted by Crippen LogP contribution is -2.27. The Morgan fingerprint density at radius 1 is 1.10 bits per heavy atom. The van der Waals surface area contributed by atoms with Crippen LogP contribution in [0.5, 0.6) is 11.5 Å². The molecule has 1 amide bonds. The van der Waals surface area contributed by atoms with Crippen LogP contribution in [0, 0.1) is 22.7 Å². The number of nitrogens with zero attached hydrogens (tertiary/aromatic N) is 2. The quantitative estimate of drug-likeness (QED) is 0.213. The summed E-state index contributed by atoms with van der Waals surface area (Å²) >= 11 is 1.62. The molecule has 0 fully saturated rings. The number of hydrogen-bond donors (Lipinski definition) is 1. The van der Waals surface area contributed by atoms with Crippen LogP contribution >= 0.6 is 11.3 Å². The van der Waals surface area contributed by atoms with Gasteiger partial charge in [0.25, 0.3) is 5.91 Å². The molecule has 6 nitrogen and oxygen atoms in total. The number of amides is 1. The Hall–Kier alpha value is -4.41. The predicted molar refractivity (Wildman–Crippen MR) is 169 cm³/mol. The number of thiophene rings is 1. The largest absolute Gasteiger partial charge is 0.493 e. The maximum atomic E-state index is 13.6. The van der Waals surface area contributed by atoms with Crippen molar-refractivity contribution in [3.63, 3.8) is 0 Å². The molecule has 1 atom stereocenters. The van der Waals surface area contributed by atoms with Crippen LogP contribution in [0.4, 0.5) is 10.7 Å². The van der Waals surface area contributed by atoms with Gasteiger partial charge in [0.15, 0.2) is 11.5 Å². The van der Waals surface area contributed by atoms with E-state index in [0.29, 0.717) is 28.5 Å². The van der Waals surface area contributed by atoms with Gasteiger partial charge >= 0.3 is 0 Å². The second-order valence-corrected chi connectivity index (χ2v) is 12.6. The van der Waals surface area contributed by atoms with E-state index in [9.17, 15) is 10.1 Å². The van der Waals surface area contributed by atoms with E-state index >= 15 is 0 Å². The maximum absolute atomic E-state index is 13.6. The summed E-state index contributed by atoms with van der Waals surface area (Å²) in [6, 6.07) is 24.7. The number of methoxy groups -OCH3 is 1. The van der Waals surface area contributed by atoms with Crippen molar-refractivity contribution < 1.29 is 14.3 Å². The van der Waals surface area contributed by atoms with Crippen LogP contribution in [0.1, 0.15) is 64.7 Å². The number of hydrogen-bond acceptors (Lipinski definition) is 6. The van der Waals surface area contributed by atoms with Crippen molar-refractivity contribution in [1.82, 2.24) is 0 Å². The Morgan fingerprint density at radius 2 is 1.86 bits per heavy atom. The first kappa shape index (κ1) is 29.1. The van der Waals surface area contributed by atoms with E-state index in [1.165, 1.54) is 4.88 Å². The fourth-order valence-corrected chi connectivity index (χ4v) is 6.55. The summed E-state index contributed by atoms with van der Waals surface area (Å²) in [6.07, 6.45) is 4.66. The number of nitrogens with one attached hydrogen (secondary N) is 1. The van der Waals surface area contributed by atoms with Crippen molar-refractivity contribution in [2.45, 2.75) is 46.6 Å². The Morgan fingerprint density at radius 3 is 2.60 bits per heavy atom. The van der Waals surface area contributed by atoms with Gasteiger partial charge in [-0.3, -0.25) is 4.79 Å². The standard InChI is InChI=1S/C35H35N3O3S/c1-35(2,3)26-15-16-28-31(19-26)42-34(32(28)33(39)38-27-12-6-5-7-13-27)37-21-23-14-17-29(30(18-23)40-4)41-22-25-11-9-8-10-24(25)20-36/h5-14,17-18,21,26H,15-16,19,22H2,1-4H3,(H,38,39)/t26-/m0/s1. The zero-order chi connectivity index (χ0) is 29.7. The summed E-state index contributed by atoms with van der Waals surface area (Å²) in [5, 5.41) is 13.2. The highest BCUT2D eigenvalue weighted by atomic mass is 32.1. The molecule has 4 aromatic rings. The van der Waals surface area contributed by atoms with Gasteiger partial charge in [-0.1, -0.05) is 57.2 Å². The summed E-state index contributed by atoms with van der Waals surface area (Å²) in [7, 11) is 1.59. The number of carbonyl (C=O) groups excluding carboxylic acids is 1. The summed E-state index contributed by atoms with van der Waals surface area (Å²) in [4.78, 5) is 19.7. The molecule has 0 bridgehead atoms. The Labute approximate surface area is 251 Å². The number of carbonyl (C=O) groups is 1. The van der Waals surface area contributed by atoms with E-state index in [1.807, 2.05) is 66.7 Å². The molecule has 1 aliphatic carbocycles. The van der Waals surface area contributed by atoms with Gasteiger partial charge in [0.2, 0.25) is 0 Å². The van der Waals surface area contributed by atoms with Crippen molar-refractivity contribution in [1.29, 1.82) is 5.26 Å². The number of aliphatic imine (C=N–C) groups is 1. The van der Waals surface area contributed by atoms with Crippen molar-refractivity contribution in [3.8, 4) is 17.6 Å². The lowest BCUT2D eigenvalue weighted by Gasteiger charge is -2.33. The maximum Gasteiger partial charge on any atom is 0.259 e. The highest BCUT2D eigenvalue weighted by molar-refractivity contribution is 7.16. The third-order valence-electron chi connectivity index (χ3n) is 7.77. The zero-order valence-electron chi connectivity index (χ0n) is 24.4. The molecule has 1 aliphatic rings. The number of rotatable bonds is 8. The SMILES string of the molecule is COc1cc(C=Nc2sc3c(c2C(=O)Nc2ccccc2)CC[C@H](C(C)(C)C)C3)ccc1OCc1ccccc1C#N. The van der Waals surface area contributed by atoms with Crippen molar-refractivity contribution in [2.75, 3.05) is 12.4 Å². The summed E-state index contributed by atoms with van der Waals surface area (Å²) in [6.45, 7) is 7.13. The molecule has 3 aromatic carbocycles. The number of nitriles is 1. The third kappa shape index (κ3) is 6.56. The Bertz CT molecular complexity index is 1640. The molecule has 1 N–H and O–H groups in total. The first-order valence-electron chi connectivity index (χ1n) is 14.1. The van der Waals surface area contributed by atoms with Gasteiger partial charge in [0, 0.05) is 22.3 Å². The second-order valence-electron chi connectivity index (χ2n) is 11.5. The van der Waals surface area contributed by atoms with Gasteiger partial charge in [0.05, 0.1) is 24.3 Å². The number of ether oxygens (including phenoxy) is 2. The number of para-hydroxylation sites is 1. The predicted octanol–water partition coefficient (Wildman–Crippen LogP) is 8.36. The molecule has 0 saturated heterocycles. The molecule has 5 rings (SSSR count). The smallest absolute Gasteiger partial charge is 0.259 e. The van der Waals surface area contributed by atoms with E-state index in [0.717, 1.165) is 46.6 Å².